The Morgan fingerprint density at radius 1 is 1.27 bits per heavy atom. The van der Waals surface area contributed by atoms with E-state index in [4.69, 9.17) is 5.73 Å². The molecule has 2 aromatic heterocycles. The van der Waals surface area contributed by atoms with Gasteiger partial charge in [-0.3, -0.25) is 0 Å². The lowest BCUT2D eigenvalue weighted by Gasteiger charge is -2.10. The Balaban J connectivity index is 2.19. The maximum absolute atomic E-state index is 12.8. The maximum Gasteiger partial charge on any atom is 0.434 e. The molecule has 0 saturated heterocycles. The minimum absolute atomic E-state index is 0.186. The van der Waals surface area contributed by atoms with Crippen LogP contribution in [-0.2, 0) is 6.18 Å². The number of anilines is 1. The molecule has 0 aliphatic carbocycles. The number of tetrazole rings is 1. The molecule has 0 aliphatic heterocycles. The number of aromatic amines is 1. The molecule has 0 fully saturated rings. The number of nitrogen functional groups attached to an aromatic ring is 1. The summed E-state index contributed by atoms with van der Waals surface area (Å²) in [6, 6.07) is 4.74. The van der Waals surface area contributed by atoms with Crippen LogP contribution in [0.3, 0.4) is 0 Å². The molecule has 3 aromatic rings. The number of hydrogen-bond donors (Lipinski definition) is 2. The number of imidazole rings is 1. The topological polar surface area (TPSA) is 98.3 Å². The molecular formula is C12H10F3N7. The van der Waals surface area contributed by atoms with Crippen molar-refractivity contribution in [1.29, 1.82) is 0 Å². The van der Waals surface area contributed by atoms with Crippen molar-refractivity contribution in [3.8, 4) is 17.1 Å². The van der Waals surface area contributed by atoms with Gasteiger partial charge >= 0.3 is 6.18 Å². The Labute approximate surface area is 122 Å². The van der Waals surface area contributed by atoms with Crippen LogP contribution in [0.15, 0.2) is 24.4 Å². The highest BCUT2D eigenvalue weighted by Crippen LogP contribution is 2.32. The van der Waals surface area contributed by atoms with Crippen molar-refractivity contribution in [2.75, 3.05) is 5.73 Å². The van der Waals surface area contributed by atoms with Crippen LogP contribution in [0.25, 0.3) is 17.1 Å². The first-order chi connectivity index (χ1) is 10.4. The van der Waals surface area contributed by atoms with Crippen molar-refractivity contribution < 1.29 is 13.2 Å². The Morgan fingerprint density at radius 3 is 2.64 bits per heavy atom. The third-order valence-corrected chi connectivity index (χ3v) is 3.05. The lowest BCUT2D eigenvalue weighted by Crippen LogP contribution is -2.05. The first kappa shape index (κ1) is 14.0. The Kier molecular flexibility index (Phi) is 3.08. The number of alkyl halides is 3. The molecule has 10 heteroatoms. The summed E-state index contributed by atoms with van der Waals surface area (Å²) in [7, 11) is 0. The van der Waals surface area contributed by atoms with E-state index in [2.05, 4.69) is 25.6 Å². The molecule has 0 bridgehead atoms. The van der Waals surface area contributed by atoms with Gasteiger partial charge in [-0.15, -0.1) is 5.10 Å². The van der Waals surface area contributed by atoms with Crippen LogP contribution >= 0.6 is 0 Å². The van der Waals surface area contributed by atoms with E-state index in [0.717, 1.165) is 6.20 Å². The second-order valence-electron chi connectivity index (χ2n) is 4.57. The number of hydrogen-bond acceptors (Lipinski definition) is 5. The molecule has 2 heterocycles. The Morgan fingerprint density at radius 2 is 2.05 bits per heavy atom. The van der Waals surface area contributed by atoms with E-state index in [9.17, 15) is 13.2 Å². The fourth-order valence-electron chi connectivity index (χ4n) is 2.08. The van der Waals surface area contributed by atoms with Gasteiger partial charge in [0.2, 0.25) is 0 Å². The van der Waals surface area contributed by atoms with Gasteiger partial charge in [0.1, 0.15) is 5.82 Å². The standard InChI is InChI=1S/C12H10F3N7/c1-6-17-10(12(13,14)15)5-22(6)9-3-2-7(16)4-8(9)11-18-20-21-19-11/h2-5H,16H2,1H3,(H,18,19,20,21). The van der Waals surface area contributed by atoms with E-state index >= 15 is 0 Å². The molecule has 0 spiro atoms. The molecule has 0 radical (unpaired) electrons. The monoisotopic (exact) mass is 309 g/mol. The number of nitrogens with two attached hydrogens (primary N) is 1. The van der Waals surface area contributed by atoms with Gasteiger partial charge in [0.05, 0.1) is 5.69 Å². The number of aromatic nitrogens is 6. The average Bonchev–Trinajstić information content (AvgIpc) is 3.07. The molecule has 0 saturated carbocycles. The summed E-state index contributed by atoms with van der Waals surface area (Å²) in [5, 5.41) is 13.3. The van der Waals surface area contributed by atoms with E-state index in [-0.39, 0.29) is 5.82 Å². The molecule has 3 N–H and O–H groups in total. The van der Waals surface area contributed by atoms with Crippen LogP contribution < -0.4 is 5.73 Å². The number of benzene rings is 1. The minimum atomic E-state index is -4.52. The molecular weight excluding hydrogens is 299 g/mol. The normalized spacial score (nSPS) is 11.8. The van der Waals surface area contributed by atoms with Gasteiger partial charge in [0, 0.05) is 17.4 Å². The quantitative estimate of drug-likeness (QED) is 0.705. The summed E-state index contributed by atoms with van der Waals surface area (Å²) in [5.41, 5.74) is 6.11. The first-order valence-corrected chi connectivity index (χ1v) is 6.13. The van der Waals surface area contributed by atoms with Crippen molar-refractivity contribution >= 4 is 5.69 Å². The van der Waals surface area contributed by atoms with Crippen molar-refractivity contribution in [3.05, 3.63) is 35.9 Å². The number of rotatable bonds is 2. The average molecular weight is 309 g/mol. The first-order valence-electron chi connectivity index (χ1n) is 6.13. The Hall–Kier alpha value is -2.91. The zero-order valence-corrected chi connectivity index (χ0v) is 11.3. The molecule has 7 nitrogen and oxygen atoms in total. The summed E-state index contributed by atoms with van der Waals surface area (Å²) in [6.07, 6.45) is -3.59. The van der Waals surface area contributed by atoms with Crippen molar-refractivity contribution in [1.82, 2.24) is 30.2 Å². The molecule has 0 atom stereocenters. The Bertz CT molecular complexity index is 805. The lowest BCUT2D eigenvalue weighted by atomic mass is 10.1. The van der Waals surface area contributed by atoms with E-state index in [1.165, 1.54) is 11.5 Å². The zero-order chi connectivity index (χ0) is 15.9. The predicted octanol–water partition coefficient (Wildman–Crippen LogP) is 1.96. The highest BCUT2D eigenvalue weighted by atomic mass is 19.4. The molecule has 0 amide bonds. The summed E-state index contributed by atoms with van der Waals surface area (Å²) < 4.78 is 39.7. The van der Waals surface area contributed by atoms with Gasteiger partial charge in [-0.25, -0.2) is 10.1 Å². The second kappa shape index (κ2) is 4.83. The third kappa shape index (κ3) is 2.38. The largest absolute Gasteiger partial charge is 0.434 e. The van der Waals surface area contributed by atoms with Crippen LogP contribution in [0.4, 0.5) is 18.9 Å². The summed E-state index contributed by atoms with van der Waals surface area (Å²) >= 11 is 0. The van der Waals surface area contributed by atoms with Gasteiger partial charge in [0.25, 0.3) is 0 Å². The lowest BCUT2D eigenvalue weighted by molar-refractivity contribution is -0.141. The fourth-order valence-corrected chi connectivity index (χ4v) is 2.08. The van der Waals surface area contributed by atoms with Gasteiger partial charge in [-0.1, -0.05) is 0 Å². The highest BCUT2D eigenvalue weighted by molar-refractivity contribution is 5.71. The van der Waals surface area contributed by atoms with Crippen LogP contribution in [0.2, 0.25) is 0 Å². The third-order valence-electron chi connectivity index (χ3n) is 3.05. The highest BCUT2D eigenvalue weighted by Gasteiger charge is 2.34. The smallest absolute Gasteiger partial charge is 0.399 e. The van der Waals surface area contributed by atoms with Crippen LogP contribution in [0.5, 0.6) is 0 Å². The van der Waals surface area contributed by atoms with Gasteiger partial charge < -0.3 is 10.3 Å². The molecule has 0 unspecified atom stereocenters. The second-order valence-corrected chi connectivity index (χ2v) is 4.57. The molecule has 22 heavy (non-hydrogen) atoms. The van der Waals surface area contributed by atoms with Crippen LogP contribution in [0.1, 0.15) is 11.5 Å². The van der Waals surface area contributed by atoms with Crippen LogP contribution in [-0.4, -0.2) is 30.2 Å². The minimum Gasteiger partial charge on any atom is -0.399 e. The molecule has 0 aliphatic rings. The number of aryl methyl sites for hydroxylation is 1. The predicted molar refractivity (Wildman–Crippen MR) is 70.9 cm³/mol. The summed E-state index contributed by atoms with van der Waals surface area (Å²) in [4.78, 5) is 3.55. The molecule has 114 valence electrons. The van der Waals surface area contributed by atoms with Crippen molar-refractivity contribution in [2.45, 2.75) is 13.1 Å². The number of halogens is 3. The van der Waals surface area contributed by atoms with Gasteiger partial charge in [0.15, 0.2) is 11.5 Å². The number of nitrogens with one attached hydrogen (secondary N) is 1. The SMILES string of the molecule is Cc1nc(C(F)(F)F)cn1-c1ccc(N)cc1-c1nnn[nH]1. The van der Waals surface area contributed by atoms with Gasteiger partial charge in [-0.05, 0) is 35.5 Å². The fraction of sp³-hybridized carbons (Fsp3) is 0.167. The zero-order valence-electron chi connectivity index (χ0n) is 11.3. The van der Waals surface area contributed by atoms with Gasteiger partial charge in [-0.2, -0.15) is 13.2 Å². The number of nitrogens with zero attached hydrogens (tertiary/aromatic N) is 5. The van der Waals surface area contributed by atoms with Crippen molar-refractivity contribution in [3.63, 3.8) is 0 Å². The van der Waals surface area contributed by atoms with E-state index in [0.29, 0.717) is 22.8 Å². The van der Waals surface area contributed by atoms with Crippen molar-refractivity contribution in [2.24, 2.45) is 0 Å². The molecule has 3 rings (SSSR count). The van der Waals surface area contributed by atoms with Crippen LogP contribution in [0, 0.1) is 6.92 Å². The van der Waals surface area contributed by atoms with E-state index in [1.54, 1.807) is 18.2 Å². The summed E-state index contributed by atoms with van der Waals surface area (Å²) in [6.45, 7) is 1.48. The van der Waals surface area contributed by atoms with E-state index < -0.39 is 11.9 Å². The maximum atomic E-state index is 12.8. The number of H-pyrrole nitrogens is 1. The van der Waals surface area contributed by atoms with E-state index in [1.807, 2.05) is 0 Å². The summed E-state index contributed by atoms with van der Waals surface area (Å²) in [5.74, 6) is 0.481. The molecule has 1 aromatic carbocycles.